The molecule has 0 aromatic carbocycles. The minimum atomic E-state index is -3.99. The number of thiophene rings is 1. The van der Waals surface area contributed by atoms with Gasteiger partial charge in [0, 0.05) is 6.54 Å². The summed E-state index contributed by atoms with van der Waals surface area (Å²) in [5, 5.41) is 17.9. The smallest absolute Gasteiger partial charge is 0.346 e. The number of primary amides is 1. The molecule has 1 unspecified atom stereocenters. The van der Waals surface area contributed by atoms with Crippen molar-refractivity contribution in [1.29, 1.82) is 0 Å². The van der Waals surface area contributed by atoms with Gasteiger partial charge < -0.3 is 15.9 Å². The van der Waals surface area contributed by atoms with Crippen LogP contribution in [0.15, 0.2) is 10.3 Å². The molecule has 0 aliphatic heterocycles. The van der Waals surface area contributed by atoms with Crippen LogP contribution in [-0.2, 0) is 14.8 Å². The van der Waals surface area contributed by atoms with Gasteiger partial charge in [-0.05, 0) is 18.6 Å². The highest BCUT2D eigenvalue weighted by atomic mass is 32.2. The fourth-order valence-corrected chi connectivity index (χ4v) is 3.62. The normalized spacial score (nSPS) is 13.2. The predicted molar refractivity (Wildman–Crippen MR) is 66.4 cm³/mol. The zero-order valence-corrected chi connectivity index (χ0v) is 11.4. The van der Waals surface area contributed by atoms with Gasteiger partial charge in [0.05, 0.1) is 0 Å². The van der Waals surface area contributed by atoms with Crippen LogP contribution in [0.25, 0.3) is 0 Å². The second kappa shape index (κ2) is 5.65. The molecular formula is C9H12N2O6S2. The van der Waals surface area contributed by atoms with Crippen molar-refractivity contribution in [2.24, 2.45) is 5.73 Å². The van der Waals surface area contributed by atoms with Crippen molar-refractivity contribution in [3.05, 3.63) is 16.5 Å². The first-order valence-electron chi connectivity index (χ1n) is 4.96. The number of aliphatic hydroxyl groups is 1. The fraction of sp³-hybridized carbons (Fsp3) is 0.333. The monoisotopic (exact) mass is 308 g/mol. The zero-order chi connectivity index (χ0) is 14.8. The Bertz CT molecular complexity index is 606. The van der Waals surface area contributed by atoms with E-state index in [-0.39, 0.29) is 9.09 Å². The van der Waals surface area contributed by atoms with Crippen molar-refractivity contribution >= 4 is 33.2 Å². The van der Waals surface area contributed by atoms with Crippen LogP contribution >= 0.6 is 11.3 Å². The summed E-state index contributed by atoms with van der Waals surface area (Å²) in [6, 6.07) is 1.20. The van der Waals surface area contributed by atoms with Crippen LogP contribution in [0.2, 0.25) is 0 Å². The first kappa shape index (κ1) is 15.6. The van der Waals surface area contributed by atoms with E-state index in [0.717, 1.165) is 0 Å². The number of sulfonamides is 1. The Hall–Kier alpha value is -1.49. The summed E-state index contributed by atoms with van der Waals surface area (Å²) in [6.07, 6.45) is -1.64. The number of aryl methyl sites for hydroxylation is 1. The van der Waals surface area contributed by atoms with E-state index in [2.05, 4.69) is 0 Å². The second-order valence-electron chi connectivity index (χ2n) is 3.65. The number of nitrogens with one attached hydrogen (secondary N) is 1. The number of carbonyl (C=O) groups excluding carboxylic acids is 1. The summed E-state index contributed by atoms with van der Waals surface area (Å²) in [4.78, 5) is 21.3. The van der Waals surface area contributed by atoms with Crippen LogP contribution in [0.5, 0.6) is 0 Å². The van der Waals surface area contributed by atoms with Crippen LogP contribution in [0.3, 0.4) is 0 Å². The molecule has 0 fully saturated rings. The minimum Gasteiger partial charge on any atom is -0.477 e. The maximum absolute atomic E-state index is 11.8. The Balaban J connectivity index is 2.92. The van der Waals surface area contributed by atoms with Crippen LogP contribution in [0.1, 0.15) is 15.2 Å². The Morgan fingerprint density at radius 2 is 2.11 bits per heavy atom. The number of aliphatic hydroxyl groups excluding tert-OH is 1. The lowest BCUT2D eigenvalue weighted by molar-refractivity contribution is -0.125. The summed E-state index contributed by atoms with van der Waals surface area (Å²) in [6.45, 7) is 0.897. The standard InChI is InChI=1S/C9H12N2O6S2/c1-4-2-6(18-7(4)9(14)15)19(16,17)11-3-5(12)8(10)13/h2,5,11-12H,3H2,1H3,(H2,10,13)(H,14,15). The highest BCUT2D eigenvalue weighted by molar-refractivity contribution is 7.91. The van der Waals surface area contributed by atoms with Gasteiger partial charge >= 0.3 is 5.97 Å². The Labute approximate surface area is 112 Å². The molecular weight excluding hydrogens is 296 g/mol. The van der Waals surface area contributed by atoms with E-state index < -0.39 is 34.5 Å². The lowest BCUT2D eigenvalue weighted by atomic mass is 10.3. The second-order valence-corrected chi connectivity index (χ2v) is 6.70. The molecule has 0 aliphatic rings. The average Bonchev–Trinajstić information content (AvgIpc) is 2.69. The summed E-state index contributed by atoms with van der Waals surface area (Å²) < 4.78 is 25.3. The fourth-order valence-electron chi connectivity index (χ4n) is 1.16. The highest BCUT2D eigenvalue weighted by Gasteiger charge is 2.23. The third-order valence-electron chi connectivity index (χ3n) is 2.15. The van der Waals surface area contributed by atoms with Crippen LogP contribution in [-0.4, -0.2) is 43.2 Å². The van der Waals surface area contributed by atoms with Crippen molar-refractivity contribution in [3.8, 4) is 0 Å². The number of nitrogens with two attached hydrogens (primary N) is 1. The number of hydrogen-bond donors (Lipinski definition) is 4. The molecule has 0 radical (unpaired) electrons. The van der Waals surface area contributed by atoms with E-state index in [9.17, 15) is 18.0 Å². The van der Waals surface area contributed by atoms with Crippen LogP contribution in [0.4, 0.5) is 0 Å². The number of aromatic carboxylic acids is 1. The molecule has 0 spiro atoms. The number of hydrogen-bond acceptors (Lipinski definition) is 6. The molecule has 0 aliphatic carbocycles. The highest BCUT2D eigenvalue weighted by Crippen LogP contribution is 2.25. The largest absolute Gasteiger partial charge is 0.477 e. The van der Waals surface area contributed by atoms with Gasteiger partial charge in [-0.15, -0.1) is 11.3 Å². The van der Waals surface area contributed by atoms with E-state index >= 15 is 0 Å². The summed E-state index contributed by atoms with van der Waals surface area (Å²) in [7, 11) is -3.99. The maximum Gasteiger partial charge on any atom is 0.346 e. The molecule has 5 N–H and O–H groups in total. The van der Waals surface area contributed by atoms with Crippen molar-refractivity contribution in [2.75, 3.05) is 6.54 Å². The van der Waals surface area contributed by atoms with E-state index in [0.29, 0.717) is 16.9 Å². The van der Waals surface area contributed by atoms with Crippen molar-refractivity contribution in [3.63, 3.8) is 0 Å². The zero-order valence-electron chi connectivity index (χ0n) is 9.78. The number of rotatable bonds is 6. The molecule has 1 aromatic rings. The van der Waals surface area contributed by atoms with E-state index in [1.165, 1.54) is 13.0 Å². The first-order valence-corrected chi connectivity index (χ1v) is 7.26. The molecule has 1 amide bonds. The van der Waals surface area contributed by atoms with Crippen molar-refractivity contribution in [1.82, 2.24) is 4.72 Å². The Kier molecular flexibility index (Phi) is 4.63. The Morgan fingerprint density at radius 1 is 1.53 bits per heavy atom. The summed E-state index contributed by atoms with van der Waals surface area (Å²) in [5.41, 5.74) is 5.09. The van der Waals surface area contributed by atoms with Crippen molar-refractivity contribution in [2.45, 2.75) is 17.2 Å². The van der Waals surface area contributed by atoms with E-state index in [4.69, 9.17) is 15.9 Å². The molecule has 19 heavy (non-hydrogen) atoms. The van der Waals surface area contributed by atoms with Crippen molar-refractivity contribution < 1.29 is 28.2 Å². The maximum atomic E-state index is 11.8. The SMILES string of the molecule is Cc1cc(S(=O)(=O)NCC(O)C(N)=O)sc1C(=O)O. The summed E-state index contributed by atoms with van der Waals surface area (Å²) >= 11 is 0.587. The molecule has 1 heterocycles. The molecule has 0 saturated carbocycles. The molecule has 8 nitrogen and oxygen atoms in total. The summed E-state index contributed by atoms with van der Waals surface area (Å²) in [5.74, 6) is -2.28. The lowest BCUT2D eigenvalue weighted by Crippen LogP contribution is -2.39. The molecule has 1 aromatic heterocycles. The quantitative estimate of drug-likeness (QED) is 0.523. The average molecular weight is 308 g/mol. The molecule has 0 saturated heterocycles. The van der Waals surface area contributed by atoms with Crippen LogP contribution < -0.4 is 10.5 Å². The molecule has 10 heteroatoms. The molecule has 1 rings (SSSR count). The minimum absolute atomic E-state index is 0.0872. The van der Waals surface area contributed by atoms with Gasteiger partial charge in [0.15, 0.2) is 0 Å². The topological polar surface area (TPSA) is 147 Å². The first-order chi connectivity index (χ1) is 8.65. The van der Waals surface area contributed by atoms with E-state index in [1.807, 2.05) is 4.72 Å². The van der Waals surface area contributed by atoms with Gasteiger partial charge in [0.25, 0.3) is 0 Å². The third kappa shape index (κ3) is 3.73. The molecule has 0 bridgehead atoms. The van der Waals surface area contributed by atoms with Gasteiger partial charge in [-0.25, -0.2) is 17.9 Å². The lowest BCUT2D eigenvalue weighted by Gasteiger charge is -2.07. The third-order valence-corrected chi connectivity index (χ3v) is 5.27. The van der Waals surface area contributed by atoms with Gasteiger partial charge in [-0.2, -0.15) is 0 Å². The molecule has 106 valence electrons. The number of carbonyl (C=O) groups is 2. The Morgan fingerprint density at radius 3 is 2.53 bits per heavy atom. The van der Waals surface area contributed by atoms with Gasteiger partial charge in [0.1, 0.15) is 15.2 Å². The predicted octanol–water partition coefficient (Wildman–Crippen LogP) is -1.12. The van der Waals surface area contributed by atoms with Gasteiger partial charge in [-0.3, -0.25) is 4.79 Å². The van der Waals surface area contributed by atoms with Gasteiger partial charge in [0.2, 0.25) is 15.9 Å². The van der Waals surface area contributed by atoms with E-state index in [1.54, 1.807) is 0 Å². The number of amides is 1. The van der Waals surface area contributed by atoms with Crippen LogP contribution in [0, 0.1) is 6.92 Å². The number of carboxylic acids is 1. The molecule has 1 atom stereocenters. The number of carboxylic acid groups (broad SMARTS) is 1. The van der Waals surface area contributed by atoms with Gasteiger partial charge in [-0.1, -0.05) is 0 Å².